The highest BCUT2D eigenvalue weighted by molar-refractivity contribution is 7.16. The number of amides is 2. The highest BCUT2D eigenvalue weighted by Crippen LogP contribution is 2.36. The summed E-state index contributed by atoms with van der Waals surface area (Å²) in [7, 11) is 0. The summed E-state index contributed by atoms with van der Waals surface area (Å²) in [4.78, 5) is 25.7. The Morgan fingerprint density at radius 2 is 2.03 bits per heavy atom. The third kappa shape index (κ3) is 3.97. The number of nitrogens with one attached hydrogen (secondary N) is 1. The molecule has 0 saturated carbocycles. The molecular formula is C22H17N3O4S. The first-order chi connectivity index (χ1) is 14.5. The van der Waals surface area contributed by atoms with Crippen molar-refractivity contribution >= 4 is 34.4 Å². The summed E-state index contributed by atoms with van der Waals surface area (Å²) in [5.74, 6) is 0.848. The molecule has 0 unspecified atom stereocenters. The van der Waals surface area contributed by atoms with Crippen molar-refractivity contribution in [2.75, 3.05) is 11.9 Å². The second-order valence-electron chi connectivity index (χ2n) is 6.66. The number of hydrogen-bond donors (Lipinski definition) is 2. The smallest absolute Gasteiger partial charge is 0.407 e. The van der Waals surface area contributed by atoms with Gasteiger partial charge < -0.3 is 19.7 Å². The molecule has 3 aromatic rings. The fourth-order valence-electron chi connectivity index (χ4n) is 3.28. The molecule has 150 valence electrons. The van der Waals surface area contributed by atoms with E-state index < -0.39 is 12.0 Å². The summed E-state index contributed by atoms with van der Waals surface area (Å²) in [5.41, 5.74) is 2.17. The highest BCUT2D eigenvalue weighted by atomic mass is 32.1. The van der Waals surface area contributed by atoms with Crippen LogP contribution in [0.15, 0.2) is 53.0 Å². The van der Waals surface area contributed by atoms with Crippen LogP contribution in [-0.2, 0) is 17.8 Å². The monoisotopic (exact) mass is 419 g/mol. The summed E-state index contributed by atoms with van der Waals surface area (Å²) >= 11 is 1.24. The van der Waals surface area contributed by atoms with Crippen molar-refractivity contribution in [1.82, 2.24) is 4.90 Å². The third-order valence-corrected chi connectivity index (χ3v) is 5.89. The van der Waals surface area contributed by atoms with Crippen LogP contribution in [0.25, 0.3) is 17.4 Å². The molecule has 3 heterocycles. The SMILES string of the molecule is N#Cc1c(NC(=O)C=Cc2ccc(-c3ccccc3)o2)sc2c1CCN(C(=O)O)C2. The predicted octanol–water partition coefficient (Wildman–Crippen LogP) is 4.57. The van der Waals surface area contributed by atoms with Gasteiger partial charge in [-0.2, -0.15) is 5.26 Å². The van der Waals surface area contributed by atoms with E-state index in [2.05, 4.69) is 11.4 Å². The van der Waals surface area contributed by atoms with Gasteiger partial charge in [-0.05, 0) is 30.2 Å². The third-order valence-electron chi connectivity index (χ3n) is 4.76. The van der Waals surface area contributed by atoms with Gasteiger partial charge in [0.1, 0.15) is 22.6 Å². The number of fused-ring (bicyclic) bond motifs is 1. The summed E-state index contributed by atoms with van der Waals surface area (Å²) in [6.07, 6.45) is 2.38. The molecule has 0 spiro atoms. The van der Waals surface area contributed by atoms with Crippen LogP contribution in [0.4, 0.5) is 9.80 Å². The molecular weight excluding hydrogens is 402 g/mol. The van der Waals surface area contributed by atoms with Crippen LogP contribution in [0.3, 0.4) is 0 Å². The van der Waals surface area contributed by atoms with E-state index in [1.807, 2.05) is 36.4 Å². The lowest BCUT2D eigenvalue weighted by Gasteiger charge is -2.23. The Hall–Kier alpha value is -3.83. The number of nitriles is 1. The van der Waals surface area contributed by atoms with Crippen LogP contribution in [0.2, 0.25) is 0 Å². The van der Waals surface area contributed by atoms with Crippen molar-refractivity contribution in [2.24, 2.45) is 0 Å². The van der Waals surface area contributed by atoms with Gasteiger partial charge in [-0.15, -0.1) is 11.3 Å². The minimum absolute atomic E-state index is 0.227. The summed E-state index contributed by atoms with van der Waals surface area (Å²) in [5, 5.41) is 21.9. The minimum atomic E-state index is -0.991. The van der Waals surface area contributed by atoms with Gasteiger partial charge in [0.25, 0.3) is 0 Å². The second-order valence-corrected chi connectivity index (χ2v) is 7.77. The Kier molecular flexibility index (Phi) is 5.37. The maximum Gasteiger partial charge on any atom is 0.407 e. The zero-order valence-electron chi connectivity index (χ0n) is 15.8. The lowest BCUT2D eigenvalue weighted by molar-refractivity contribution is -0.111. The molecule has 30 heavy (non-hydrogen) atoms. The van der Waals surface area contributed by atoms with E-state index in [1.165, 1.54) is 22.3 Å². The van der Waals surface area contributed by atoms with Crippen LogP contribution >= 0.6 is 11.3 Å². The Bertz CT molecular complexity index is 1170. The normalized spacial score (nSPS) is 13.1. The van der Waals surface area contributed by atoms with Crippen molar-refractivity contribution in [1.29, 1.82) is 5.26 Å². The minimum Gasteiger partial charge on any atom is -0.465 e. The molecule has 1 aromatic carbocycles. The molecule has 8 heteroatoms. The number of furan rings is 1. The average Bonchev–Trinajstić information content (AvgIpc) is 3.36. The fourth-order valence-corrected chi connectivity index (χ4v) is 4.50. The zero-order chi connectivity index (χ0) is 21.1. The van der Waals surface area contributed by atoms with E-state index in [0.717, 1.165) is 16.0 Å². The maximum absolute atomic E-state index is 12.4. The molecule has 0 fully saturated rings. The number of hydrogen-bond acceptors (Lipinski definition) is 5. The van der Waals surface area contributed by atoms with Gasteiger partial charge in [-0.25, -0.2) is 4.79 Å². The van der Waals surface area contributed by atoms with E-state index >= 15 is 0 Å². The van der Waals surface area contributed by atoms with Gasteiger partial charge in [0.2, 0.25) is 5.91 Å². The Balaban J connectivity index is 1.47. The molecule has 0 radical (unpaired) electrons. The number of carbonyl (C=O) groups is 2. The van der Waals surface area contributed by atoms with Gasteiger partial charge in [-0.3, -0.25) is 4.79 Å². The van der Waals surface area contributed by atoms with Gasteiger partial charge >= 0.3 is 6.09 Å². The number of benzene rings is 1. The topological polar surface area (TPSA) is 107 Å². The first-order valence-electron chi connectivity index (χ1n) is 9.22. The number of thiophene rings is 1. The first-order valence-corrected chi connectivity index (χ1v) is 10.0. The van der Waals surface area contributed by atoms with Gasteiger partial charge in [-0.1, -0.05) is 30.3 Å². The number of rotatable bonds is 4. The maximum atomic E-state index is 12.4. The number of carboxylic acid groups (broad SMARTS) is 1. The van der Waals surface area contributed by atoms with Gasteiger partial charge in [0.15, 0.2) is 0 Å². The van der Waals surface area contributed by atoms with Crippen LogP contribution in [0, 0.1) is 11.3 Å². The summed E-state index contributed by atoms with van der Waals surface area (Å²) in [6.45, 7) is 0.563. The highest BCUT2D eigenvalue weighted by Gasteiger charge is 2.27. The lowest BCUT2D eigenvalue weighted by Crippen LogP contribution is -2.34. The average molecular weight is 419 g/mol. The Labute approximate surface area is 176 Å². The molecule has 0 saturated heterocycles. The molecule has 0 aliphatic carbocycles. The fraction of sp³-hybridized carbons (Fsp3) is 0.136. The molecule has 0 bridgehead atoms. The number of anilines is 1. The standard InChI is InChI=1S/C22H17N3O4S/c23-12-17-16-10-11-25(22(27)28)13-19(16)30-21(17)24-20(26)9-7-15-6-8-18(29-15)14-4-2-1-3-5-14/h1-9H,10-11,13H2,(H,24,26)(H,27,28). The van der Waals surface area contributed by atoms with Crippen molar-refractivity contribution in [3.8, 4) is 17.4 Å². The van der Waals surface area contributed by atoms with E-state index in [-0.39, 0.29) is 6.54 Å². The van der Waals surface area contributed by atoms with Crippen LogP contribution in [0.5, 0.6) is 0 Å². The number of nitrogens with zero attached hydrogens (tertiary/aromatic N) is 2. The van der Waals surface area contributed by atoms with Crippen molar-refractivity contribution in [3.05, 3.63) is 70.3 Å². The van der Waals surface area contributed by atoms with Crippen LogP contribution in [-0.4, -0.2) is 28.6 Å². The van der Waals surface area contributed by atoms with E-state index in [9.17, 15) is 20.0 Å². The summed E-state index contributed by atoms with van der Waals surface area (Å²) < 4.78 is 5.74. The van der Waals surface area contributed by atoms with Crippen LogP contribution < -0.4 is 5.32 Å². The van der Waals surface area contributed by atoms with Crippen LogP contribution in [0.1, 0.15) is 21.8 Å². The van der Waals surface area contributed by atoms with E-state index in [4.69, 9.17) is 4.42 Å². The molecule has 2 N–H and O–H groups in total. The summed E-state index contributed by atoms with van der Waals surface area (Å²) in [6, 6.07) is 15.4. The second kappa shape index (κ2) is 8.27. The zero-order valence-corrected chi connectivity index (χ0v) is 16.6. The Morgan fingerprint density at radius 3 is 2.77 bits per heavy atom. The van der Waals surface area contributed by atoms with E-state index in [1.54, 1.807) is 12.1 Å². The quantitative estimate of drug-likeness (QED) is 0.603. The van der Waals surface area contributed by atoms with Gasteiger partial charge in [0.05, 0.1) is 12.1 Å². The van der Waals surface area contributed by atoms with Crippen molar-refractivity contribution in [3.63, 3.8) is 0 Å². The Morgan fingerprint density at radius 1 is 1.23 bits per heavy atom. The molecule has 1 aliphatic rings. The van der Waals surface area contributed by atoms with Crippen molar-refractivity contribution < 1.29 is 19.1 Å². The largest absolute Gasteiger partial charge is 0.465 e. The van der Waals surface area contributed by atoms with E-state index in [0.29, 0.717) is 35.1 Å². The lowest BCUT2D eigenvalue weighted by atomic mass is 10.0. The molecule has 0 atom stereocenters. The predicted molar refractivity (Wildman–Crippen MR) is 113 cm³/mol. The van der Waals surface area contributed by atoms with Gasteiger partial charge in [0, 0.05) is 23.1 Å². The molecule has 2 aromatic heterocycles. The first kappa shape index (κ1) is 19.5. The molecule has 2 amide bonds. The van der Waals surface area contributed by atoms with Crippen molar-refractivity contribution in [2.45, 2.75) is 13.0 Å². The molecule has 7 nitrogen and oxygen atoms in total. The number of carbonyl (C=O) groups excluding carboxylic acids is 1. The molecule has 4 rings (SSSR count). The molecule has 1 aliphatic heterocycles.